The minimum absolute atomic E-state index is 0. The van der Waals surface area contributed by atoms with E-state index < -0.39 is 12.7 Å². The molecule has 2 nitrogen and oxygen atoms in total. The Balaban J connectivity index is 0. The molecule has 0 saturated carbocycles. The third-order valence-electron chi connectivity index (χ3n) is 1.93. The van der Waals surface area contributed by atoms with Crippen LogP contribution in [-0.4, -0.2) is 31.9 Å². The van der Waals surface area contributed by atoms with Crippen molar-refractivity contribution in [2.45, 2.75) is 25.1 Å². The molecule has 0 aromatic heterocycles. The molecular weight excluding hydrogens is 240 g/mol. The molecule has 1 aliphatic rings. The van der Waals surface area contributed by atoms with Gasteiger partial charge in [-0.2, -0.15) is 13.2 Å². The highest BCUT2D eigenvalue weighted by molar-refractivity contribution is 5.85. The van der Waals surface area contributed by atoms with E-state index in [1.165, 1.54) is 0 Å². The molecule has 1 saturated heterocycles. The van der Waals surface area contributed by atoms with Gasteiger partial charge in [0.1, 0.15) is 0 Å². The van der Waals surface area contributed by atoms with Gasteiger partial charge in [0, 0.05) is 6.04 Å². The Morgan fingerprint density at radius 3 is 2.07 bits per heavy atom. The van der Waals surface area contributed by atoms with E-state index in [-0.39, 0.29) is 30.9 Å². The number of halogens is 5. The SMILES string of the molecule is Cl.Cl.FC(F)(F)CNC1CCNCC1. The van der Waals surface area contributed by atoms with Crippen LogP contribution in [0.5, 0.6) is 0 Å². The minimum atomic E-state index is -4.08. The van der Waals surface area contributed by atoms with Crippen LogP contribution in [0.2, 0.25) is 0 Å². The number of piperidine rings is 1. The Morgan fingerprint density at radius 1 is 1.14 bits per heavy atom. The smallest absolute Gasteiger partial charge is 0.317 e. The number of alkyl halides is 3. The fourth-order valence-electron chi connectivity index (χ4n) is 1.29. The minimum Gasteiger partial charge on any atom is -0.317 e. The zero-order chi connectivity index (χ0) is 9.03. The van der Waals surface area contributed by atoms with E-state index in [0.29, 0.717) is 0 Å². The highest BCUT2D eigenvalue weighted by atomic mass is 35.5. The molecule has 0 radical (unpaired) electrons. The summed E-state index contributed by atoms with van der Waals surface area (Å²) in [4.78, 5) is 0. The van der Waals surface area contributed by atoms with E-state index in [9.17, 15) is 13.2 Å². The maximum atomic E-state index is 11.7. The topological polar surface area (TPSA) is 24.1 Å². The molecule has 0 unspecified atom stereocenters. The second-order valence-electron chi connectivity index (χ2n) is 3.02. The monoisotopic (exact) mass is 254 g/mol. The van der Waals surface area contributed by atoms with Gasteiger partial charge in [-0.05, 0) is 25.9 Å². The molecule has 1 aliphatic heterocycles. The van der Waals surface area contributed by atoms with Crippen LogP contribution in [-0.2, 0) is 0 Å². The number of hydrogen-bond donors (Lipinski definition) is 2. The van der Waals surface area contributed by atoms with Gasteiger partial charge in [0.25, 0.3) is 0 Å². The summed E-state index contributed by atoms with van der Waals surface area (Å²) >= 11 is 0. The van der Waals surface area contributed by atoms with Gasteiger partial charge in [0.2, 0.25) is 0 Å². The summed E-state index contributed by atoms with van der Waals surface area (Å²) in [5.41, 5.74) is 0. The molecule has 0 atom stereocenters. The van der Waals surface area contributed by atoms with Gasteiger partial charge in [-0.3, -0.25) is 0 Å². The molecule has 2 N–H and O–H groups in total. The van der Waals surface area contributed by atoms with Gasteiger partial charge in [-0.1, -0.05) is 0 Å². The first-order chi connectivity index (χ1) is 5.58. The van der Waals surface area contributed by atoms with Gasteiger partial charge >= 0.3 is 6.18 Å². The van der Waals surface area contributed by atoms with E-state index in [0.717, 1.165) is 25.9 Å². The molecule has 1 rings (SSSR count). The lowest BCUT2D eigenvalue weighted by atomic mass is 10.1. The average molecular weight is 255 g/mol. The standard InChI is InChI=1S/C7H13F3N2.2ClH/c8-7(9,10)5-12-6-1-3-11-4-2-6;;/h6,11-12H,1-5H2;2*1H. The lowest BCUT2D eigenvalue weighted by Gasteiger charge is -2.24. The average Bonchev–Trinajstić information content (AvgIpc) is 2.02. The number of hydrogen-bond acceptors (Lipinski definition) is 2. The summed E-state index contributed by atoms with van der Waals surface area (Å²) in [6.45, 7) is 0.767. The van der Waals surface area contributed by atoms with Crippen LogP contribution in [0.3, 0.4) is 0 Å². The molecule has 14 heavy (non-hydrogen) atoms. The van der Waals surface area contributed by atoms with Crippen molar-refractivity contribution in [3.8, 4) is 0 Å². The Bertz CT molecular complexity index is 137. The number of nitrogens with one attached hydrogen (secondary N) is 2. The molecule has 0 aromatic carbocycles. The fourth-order valence-corrected chi connectivity index (χ4v) is 1.29. The van der Waals surface area contributed by atoms with Crippen molar-refractivity contribution in [1.29, 1.82) is 0 Å². The quantitative estimate of drug-likeness (QED) is 0.785. The van der Waals surface area contributed by atoms with Gasteiger partial charge in [0.05, 0.1) is 6.54 Å². The van der Waals surface area contributed by atoms with Crippen molar-refractivity contribution in [1.82, 2.24) is 10.6 Å². The zero-order valence-corrected chi connectivity index (χ0v) is 9.20. The molecule has 7 heteroatoms. The lowest BCUT2D eigenvalue weighted by molar-refractivity contribution is -0.126. The summed E-state index contributed by atoms with van der Waals surface area (Å²) in [6, 6.07) is 0.0351. The third kappa shape index (κ3) is 7.67. The highest BCUT2D eigenvalue weighted by Gasteiger charge is 2.28. The molecule has 0 bridgehead atoms. The van der Waals surface area contributed by atoms with Crippen LogP contribution in [0, 0.1) is 0 Å². The van der Waals surface area contributed by atoms with E-state index in [1.807, 2.05) is 0 Å². The van der Waals surface area contributed by atoms with Gasteiger partial charge in [0.15, 0.2) is 0 Å². The van der Waals surface area contributed by atoms with Crippen LogP contribution in [0.1, 0.15) is 12.8 Å². The molecule has 0 amide bonds. The zero-order valence-electron chi connectivity index (χ0n) is 7.56. The Hall–Kier alpha value is 0.290. The van der Waals surface area contributed by atoms with Crippen LogP contribution < -0.4 is 10.6 Å². The largest absolute Gasteiger partial charge is 0.401 e. The maximum absolute atomic E-state index is 11.7. The third-order valence-corrected chi connectivity index (χ3v) is 1.93. The van der Waals surface area contributed by atoms with Crippen molar-refractivity contribution in [3.63, 3.8) is 0 Å². The maximum Gasteiger partial charge on any atom is 0.401 e. The normalized spacial score (nSPS) is 18.2. The van der Waals surface area contributed by atoms with Crippen LogP contribution in [0.25, 0.3) is 0 Å². The molecule has 1 fully saturated rings. The van der Waals surface area contributed by atoms with E-state index in [2.05, 4.69) is 10.6 Å². The molecule has 88 valence electrons. The second-order valence-corrected chi connectivity index (χ2v) is 3.02. The molecule has 1 heterocycles. The van der Waals surface area contributed by atoms with Gasteiger partial charge in [-0.15, -0.1) is 24.8 Å². The van der Waals surface area contributed by atoms with Crippen LogP contribution in [0.4, 0.5) is 13.2 Å². The highest BCUT2D eigenvalue weighted by Crippen LogP contribution is 2.13. The first-order valence-electron chi connectivity index (χ1n) is 4.09. The van der Waals surface area contributed by atoms with Crippen molar-refractivity contribution in [2.24, 2.45) is 0 Å². The van der Waals surface area contributed by atoms with Gasteiger partial charge < -0.3 is 10.6 Å². The summed E-state index contributed by atoms with van der Waals surface area (Å²) in [5, 5.41) is 5.59. The summed E-state index contributed by atoms with van der Waals surface area (Å²) in [6.07, 6.45) is -2.50. The van der Waals surface area contributed by atoms with Crippen molar-refractivity contribution in [3.05, 3.63) is 0 Å². The van der Waals surface area contributed by atoms with Crippen LogP contribution in [0.15, 0.2) is 0 Å². The van der Waals surface area contributed by atoms with E-state index in [4.69, 9.17) is 0 Å². The summed E-state index contributed by atoms with van der Waals surface area (Å²) in [5.74, 6) is 0. The predicted molar refractivity (Wildman–Crippen MR) is 54.4 cm³/mol. The Kier molecular flexibility index (Phi) is 9.03. The Morgan fingerprint density at radius 2 is 1.64 bits per heavy atom. The van der Waals surface area contributed by atoms with Crippen molar-refractivity contribution in [2.75, 3.05) is 19.6 Å². The molecular formula is C7H15Cl2F3N2. The second kappa shape index (κ2) is 7.56. The van der Waals surface area contributed by atoms with Crippen molar-refractivity contribution < 1.29 is 13.2 Å². The fraction of sp³-hybridized carbons (Fsp3) is 1.00. The predicted octanol–water partition coefficient (Wildman–Crippen LogP) is 1.73. The first kappa shape index (κ1) is 16.7. The van der Waals surface area contributed by atoms with Crippen LogP contribution >= 0.6 is 24.8 Å². The Labute approximate surface area is 93.8 Å². The summed E-state index contributed by atoms with van der Waals surface area (Å²) < 4.78 is 35.2. The van der Waals surface area contributed by atoms with Crippen molar-refractivity contribution >= 4 is 24.8 Å². The summed E-state index contributed by atoms with van der Waals surface area (Å²) in [7, 11) is 0. The van der Waals surface area contributed by atoms with Gasteiger partial charge in [-0.25, -0.2) is 0 Å². The molecule has 0 spiro atoms. The molecule has 0 aliphatic carbocycles. The molecule has 0 aromatic rings. The first-order valence-corrected chi connectivity index (χ1v) is 4.09. The number of rotatable bonds is 2. The van der Waals surface area contributed by atoms with E-state index >= 15 is 0 Å². The van der Waals surface area contributed by atoms with E-state index in [1.54, 1.807) is 0 Å². The lowest BCUT2D eigenvalue weighted by Crippen LogP contribution is -2.43.